The van der Waals surface area contributed by atoms with E-state index in [0.29, 0.717) is 17.6 Å². The third-order valence-electron chi connectivity index (χ3n) is 4.93. The summed E-state index contributed by atoms with van der Waals surface area (Å²) < 4.78 is 13.0. The molecule has 2 rings (SSSR count). The molecule has 146 valence electrons. The van der Waals surface area contributed by atoms with Crippen LogP contribution in [0.1, 0.15) is 51.2 Å². The van der Waals surface area contributed by atoms with Crippen LogP contribution < -0.4 is 10.6 Å². The van der Waals surface area contributed by atoms with E-state index in [1.54, 1.807) is 12.1 Å². The maximum Gasteiger partial charge on any atom is 0.191 e. The molecule has 1 aromatic rings. The van der Waals surface area contributed by atoms with Crippen molar-refractivity contribution < 1.29 is 9.50 Å². The zero-order valence-electron chi connectivity index (χ0n) is 16.0. The minimum atomic E-state index is -0.738. The van der Waals surface area contributed by atoms with Crippen LogP contribution in [0.25, 0.3) is 0 Å². The van der Waals surface area contributed by atoms with Crippen LogP contribution in [-0.2, 0) is 0 Å². The van der Waals surface area contributed by atoms with Crippen molar-refractivity contribution in [2.24, 2.45) is 4.99 Å². The van der Waals surface area contributed by atoms with Crippen molar-refractivity contribution in [3.05, 3.63) is 35.6 Å². The summed E-state index contributed by atoms with van der Waals surface area (Å²) >= 11 is 0. The lowest BCUT2D eigenvalue weighted by molar-refractivity contribution is 0.147. The van der Waals surface area contributed by atoms with Gasteiger partial charge in [-0.25, -0.2) is 4.39 Å². The first-order chi connectivity index (χ1) is 12.6. The predicted octanol–water partition coefficient (Wildman–Crippen LogP) is 2.68. The molecule has 0 saturated carbocycles. The molecular weight excluding hydrogens is 331 g/mol. The van der Waals surface area contributed by atoms with Crippen LogP contribution in [0.15, 0.2) is 29.3 Å². The highest BCUT2D eigenvalue weighted by atomic mass is 19.1. The average molecular weight is 365 g/mol. The highest BCUT2D eigenvalue weighted by Gasteiger charge is 2.20. The van der Waals surface area contributed by atoms with E-state index in [4.69, 9.17) is 0 Å². The lowest BCUT2D eigenvalue weighted by atomic mass is 10.0. The van der Waals surface area contributed by atoms with Gasteiger partial charge in [-0.15, -0.1) is 0 Å². The van der Waals surface area contributed by atoms with Gasteiger partial charge in [0.2, 0.25) is 0 Å². The highest BCUT2D eigenvalue weighted by Crippen LogP contribution is 2.18. The van der Waals surface area contributed by atoms with Gasteiger partial charge in [0.1, 0.15) is 5.82 Å². The molecule has 6 heteroatoms. The quantitative estimate of drug-likeness (QED) is 0.490. The molecule has 1 heterocycles. The van der Waals surface area contributed by atoms with E-state index in [1.807, 2.05) is 6.92 Å². The lowest BCUT2D eigenvalue weighted by Gasteiger charge is -2.35. The van der Waals surface area contributed by atoms with Gasteiger partial charge in [0, 0.05) is 25.7 Å². The minimum absolute atomic E-state index is 0.238. The summed E-state index contributed by atoms with van der Waals surface area (Å²) in [5, 5.41) is 16.8. The fourth-order valence-corrected chi connectivity index (χ4v) is 3.44. The topological polar surface area (TPSA) is 59.9 Å². The Hall–Kier alpha value is -1.66. The fourth-order valence-electron chi connectivity index (χ4n) is 3.44. The number of benzene rings is 1. The molecule has 2 unspecified atom stereocenters. The predicted molar refractivity (Wildman–Crippen MR) is 105 cm³/mol. The molecule has 1 fully saturated rings. The summed E-state index contributed by atoms with van der Waals surface area (Å²) in [4.78, 5) is 7.03. The molecule has 0 spiro atoms. The van der Waals surface area contributed by atoms with Crippen molar-refractivity contribution >= 4 is 5.96 Å². The van der Waals surface area contributed by atoms with Gasteiger partial charge in [-0.3, -0.25) is 9.89 Å². The number of guanidine groups is 1. The second-order valence-corrected chi connectivity index (χ2v) is 6.81. The van der Waals surface area contributed by atoms with Crippen molar-refractivity contribution in [3.8, 4) is 0 Å². The Labute approximate surface area is 156 Å². The Morgan fingerprint density at radius 3 is 2.73 bits per heavy atom. The minimum Gasteiger partial charge on any atom is -0.386 e. The van der Waals surface area contributed by atoms with Crippen LogP contribution in [0, 0.1) is 5.82 Å². The van der Waals surface area contributed by atoms with Crippen LogP contribution >= 0.6 is 0 Å². The molecule has 1 saturated heterocycles. The van der Waals surface area contributed by atoms with Gasteiger partial charge in [-0.1, -0.05) is 25.5 Å². The molecule has 3 N–H and O–H groups in total. The average Bonchev–Trinajstić information content (AvgIpc) is 2.66. The van der Waals surface area contributed by atoms with E-state index in [1.165, 1.54) is 44.4 Å². The van der Waals surface area contributed by atoms with E-state index >= 15 is 0 Å². The molecule has 1 aliphatic heterocycles. The normalized spacial score (nSPS) is 20.0. The molecule has 0 bridgehead atoms. The summed E-state index contributed by atoms with van der Waals surface area (Å²) in [6.45, 7) is 8.29. The Bertz CT molecular complexity index is 549. The number of hydrogen-bond donors (Lipinski definition) is 3. The number of aliphatic imine (C=N–C) groups is 1. The highest BCUT2D eigenvalue weighted by molar-refractivity contribution is 5.79. The second-order valence-electron chi connectivity index (χ2n) is 6.81. The standard InChI is InChI=1S/C20H33FN4O/c1-3-18-7-5-6-13-25(18)14-12-23-20(22-4-2)24-15-19(26)16-8-10-17(21)11-9-16/h8-11,18-19,26H,3-7,12-15H2,1-2H3,(H2,22,23,24). The van der Waals surface area contributed by atoms with Crippen molar-refractivity contribution in [1.82, 2.24) is 15.5 Å². The van der Waals surface area contributed by atoms with Crippen molar-refractivity contribution in [3.63, 3.8) is 0 Å². The van der Waals surface area contributed by atoms with Crippen LogP contribution in [0.4, 0.5) is 4.39 Å². The maximum atomic E-state index is 13.0. The number of halogens is 1. The monoisotopic (exact) mass is 364 g/mol. The van der Waals surface area contributed by atoms with Crippen molar-refractivity contribution in [1.29, 1.82) is 0 Å². The number of likely N-dealkylation sites (tertiary alicyclic amines) is 1. The van der Waals surface area contributed by atoms with Gasteiger partial charge >= 0.3 is 0 Å². The number of aliphatic hydroxyl groups is 1. The van der Waals surface area contributed by atoms with Gasteiger partial charge in [-0.05, 0) is 50.4 Å². The zero-order chi connectivity index (χ0) is 18.8. The smallest absolute Gasteiger partial charge is 0.191 e. The Kier molecular flexibility index (Phi) is 8.85. The SMILES string of the molecule is CCNC(=NCC(O)c1ccc(F)cc1)NCCN1CCCCC1CC. The molecule has 26 heavy (non-hydrogen) atoms. The molecule has 0 aromatic heterocycles. The lowest BCUT2D eigenvalue weighted by Crippen LogP contribution is -2.46. The van der Waals surface area contributed by atoms with Crippen LogP contribution in [0.3, 0.4) is 0 Å². The molecule has 1 aromatic carbocycles. The van der Waals surface area contributed by atoms with Gasteiger partial charge in [0.05, 0.1) is 12.6 Å². The van der Waals surface area contributed by atoms with E-state index in [-0.39, 0.29) is 12.4 Å². The Morgan fingerprint density at radius 1 is 1.27 bits per heavy atom. The van der Waals surface area contributed by atoms with E-state index in [0.717, 1.165) is 19.6 Å². The second kappa shape index (κ2) is 11.1. The summed E-state index contributed by atoms with van der Waals surface area (Å²) in [5.74, 6) is 0.404. The first-order valence-corrected chi connectivity index (χ1v) is 9.83. The maximum absolute atomic E-state index is 13.0. The van der Waals surface area contributed by atoms with E-state index in [2.05, 4.69) is 27.4 Å². The van der Waals surface area contributed by atoms with Gasteiger partial charge in [-0.2, -0.15) is 0 Å². The number of rotatable bonds is 8. The largest absolute Gasteiger partial charge is 0.386 e. The number of nitrogens with zero attached hydrogens (tertiary/aromatic N) is 2. The zero-order valence-corrected chi connectivity index (χ0v) is 16.0. The number of aliphatic hydroxyl groups excluding tert-OH is 1. The van der Waals surface area contributed by atoms with Crippen LogP contribution in [-0.4, -0.2) is 54.7 Å². The summed E-state index contributed by atoms with van der Waals surface area (Å²) in [6, 6.07) is 6.60. The summed E-state index contributed by atoms with van der Waals surface area (Å²) in [5.41, 5.74) is 0.671. The Morgan fingerprint density at radius 2 is 2.04 bits per heavy atom. The molecule has 1 aliphatic rings. The van der Waals surface area contributed by atoms with Gasteiger partial charge < -0.3 is 15.7 Å². The molecule has 5 nitrogen and oxygen atoms in total. The first-order valence-electron chi connectivity index (χ1n) is 9.83. The number of hydrogen-bond acceptors (Lipinski definition) is 3. The molecule has 0 amide bonds. The third-order valence-corrected chi connectivity index (χ3v) is 4.93. The van der Waals surface area contributed by atoms with Crippen molar-refractivity contribution in [2.45, 2.75) is 51.7 Å². The summed E-state index contributed by atoms with van der Waals surface area (Å²) in [7, 11) is 0. The molecular formula is C20H33FN4O. The Balaban J connectivity index is 1.82. The first kappa shape index (κ1) is 20.6. The fraction of sp³-hybridized carbons (Fsp3) is 0.650. The van der Waals surface area contributed by atoms with Crippen LogP contribution in [0.2, 0.25) is 0 Å². The van der Waals surface area contributed by atoms with E-state index < -0.39 is 6.10 Å². The van der Waals surface area contributed by atoms with Crippen molar-refractivity contribution in [2.75, 3.05) is 32.7 Å². The molecule has 0 aliphatic carbocycles. The van der Waals surface area contributed by atoms with Crippen LogP contribution in [0.5, 0.6) is 0 Å². The van der Waals surface area contributed by atoms with Gasteiger partial charge in [0.25, 0.3) is 0 Å². The third kappa shape index (κ3) is 6.57. The number of piperidine rings is 1. The van der Waals surface area contributed by atoms with E-state index in [9.17, 15) is 9.50 Å². The molecule has 2 atom stereocenters. The summed E-state index contributed by atoms with van der Waals surface area (Å²) in [6.07, 6.45) is 4.40. The number of nitrogens with one attached hydrogen (secondary N) is 2. The molecule has 0 radical (unpaired) electrons. The van der Waals surface area contributed by atoms with Gasteiger partial charge in [0.15, 0.2) is 5.96 Å².